The van der Waals surface area contributed by atoms with Crippen LogP contribution in [-0.2, 0) is 4.79 Å². The van der Waals surface area contributed by atoms with Crippen LogP contribution < -0.4 is 5.32 Å². The Hall–Kier alpha value is -2.61. The molecule has 0 aliphatic rings. The second-order valence-electron chi connectivity index (χ2n) is 4.36. The van der Waals surface area contributed by atoms with Crippen molar-refractivity contribution in [1.29, 1.82) is 0 Å². The average molecular weight is 263 g/mol. The first kappa shape index (κ1) is 13.8. The van der Waals surface area contributed by atoms with Crippen molar-refractivity contribution in [3.63, 3.8) is 0 Å². The van der Waals surface area contributed by atoms with E-state index in [1.165, 1.54) is 6.08 Å². The van der Waals surface area contributed by atoms with Crippen molar-refractivity contribution in [2.24, 2.45) is 0 Å². The van der Waals surface area contributed by atoms with Crippen LogP contribution >= 0.6 is 0 Å². The zero-order valence-corrected chi connectivity index (χ0v) is 11.4. The third-order valence-corrected chi connectivity index (χ3v) is 2.76. The van der Waals surface area contributed by atoms with Crippen molar-refractivity contribution in [2.45, 2.75) is 6.92 Å². The molecule has 0 radical (unpaired) electrons. The van der Waals surface area contributed by atoms with E-state index in [9.17, 15) is 4.79 Å². The van der Waals surface area contributed by atoms with E-state index in [1.54, 1.807) is 6.08 Å². The number of anilines is 1. The van der Waals surface area contributed by atoms with Gasteiger partial charge in [0.05, 0.1) is 0 Å². The summed E-state index contributed by atoms with van der Waals surface area (Å²) in [5.41, 5.74) is 2.91. The Kier molecular flexibility index (Phi) is 4.90. The van der Waals surface area contributed by atoms with Crippen LogP contribution in [0, 0.1) is 0 Å². The molecule has 1 amide bonds. The van der Waals surface area contributed by atoms with Crippen LogP contribution in [0.1, 0.15) is 18.1 Å². The molecule has 0 aromatic heterocycles. The number of carbonyl (C=O) groups is 1. The van der Waals surface area contributed by atoms with Crippen molar-refractivity contribution in [2.75, 3.05) is 5.32 Å². The van der Waals surface area contributed by atoms with Crippen molar-refractivity contribution < 1.29 is 4.79 Å². The Bertz CT molecular complexity index is 610. The van der Waals surface area contributed by atoms with E-state index in [1.807, 2.05) is 73.7 Å². The molecule has 0 fully saturated rings. The Labute approximate surface area is 119 Å². The van der Waals surface area contributed by atoms with Gasteiger partial charge in [0.25, 0.3) is 0 Å². The van der Waals surface area contributed by atoms with Crippen molar-refractivity contribution >= 4 is 23.7 Å². The second-order valence-corrected chi connectivity index (χ2v) is 4.36. The first-order chi connectivity index (χ1) is 9.78. The maximum Gasteiger partial charge on any atom is 0.248 e. The van der Waals surface area contributed by atoms with Crippen LogP contribution in [0.4, 0.5) is 5.69 Å². The molecule has 0 atom stereocenters. The molecule has 2 aromatic carbocycles. The lowest BCUT2D eigenvalue weighted by atomic mass is 10.2. The van der Waals surface area contributed by atoms with Gasteiger partial charge in [-0.1, -0.05) is 54.6 Å². The van der Waals surface area contributed by atoms with Gasteiger partial charge < -0.3 is 5.32 Å². The number of nitrogens with one attached hydrogen (secondary N) is 1. The van der Waals surface area contributed by atoms with Crippen molar-refractivity contribution in [3.8, 4) is 0 Å². The van der Waals surface area contributed by atoms with Gasteiger partial charge in [-0.15, -0.1) is 0 Å². The smallest absolute Gasteiger partial charge is 0.248 e. The van der Waals surface area contributed by atoms with E-state index in [-0.39, 0.29) is 5.91 Å². The maximum atomic E-state index is 11.8. The van der Waals surface area contributed by atoms with E-state index in [4.69, 9.17) is 0 Å². The number of rotatable bonds is 4. The number of amides is 1. The predicted octanol–water partition coefficient (Wildman–Crippen LogP) is 4.37. The zero-order chi connectivity index (χ0) is 14.2. The standard InChI is InChI=1S/C18H17NO/c1-2-6-15-9-12-17(13-10-15)19-18(20)14-11-16-7-4-3-5-8-16/h2-14H,1H3,(H,19,20)/b6-2+,14-11+. The minimum absolute atomic E-state index is 0.132. The molecule has 2 nitrogen and oxygen atoms in total. The quantitative estimate of drug-likeness (QED) is 0.815. The molecule has 2 aromatic rings. The van der Waals surface area contributed by atoms with Gasteiger partial charge >= 0.3 is 0 Å². The molecule has 0 saturated carbocycles. The summed E-state index contributed by atoms with van der Waals surface area (Å²) in [4.78, 5) is 11.8. The summed E-state index contributed by atoms with van der Waals surface area (Å²) in [5.74, 6) is -0.132. The summed E-state index contributed by atoms with van der Waals surface area (Å²) in [6.07, 6.45) is 7.33. The molecule has 1 N–H and O–H groups in total. The summed E-state index contributed by atoms with van der Waals surface area (Å²) in [5, 5.41) is 2.83. The van der Waals surface area contributed by atoms with Gasteiger partial charge in [-0.2, -0.15) is 0 Å². The lowest BCUT2D eigenvalue weighted by Gasteiger charge is -2.02. The molecule has 0 bridgehead atoms. The molecule has 2 rings (SSSR count). The first-order valence-corrected chi connectivity index (χ1v) is 6.55. The molecule has 0 spiro atoms. The Morgan fingerprint density at radius 2 is 1.55 bits per heavy atom. The summed E-state index contributed by atoms with van der Waals surface area (Å²) in [7, 11) is 0. The SMILES string of the molecule is C/C=C/c1ccc(NC(=O)/C=C/c2ccccc2)cc1. The Morgan fingerprint density at radius 1 is 0.900 bits per heavy atom. The van der Waals surface area contributed by atoms with Gasteiger partial charge in [0.1, 0.15) is 0 Å². The van der Waals surface area contributed by atoms with Gasteiger partial charge in [0, 0.05) is 11.8 Å². The molecule has 0 heterocycles. The molecule has 2 heteroatoms. The fraction of sp³-hybridized carbons (Fsp3) is 0.0556. The third-order valence-electron chi connectivity index (χ3n) is 2.76. The van der Waals surface area contributed by atoms with Crippen LogP contribution in [0.5, 0.6) is 0 Å². The lowest BCUT2D eigenvalue weighted by Crippen LogP contribution is -2.07. The van der Waals surface area contributed by atoms with Crippen LogP contribution in [0.15, 0.2) is 66.7 Å². The molecular weight excluding hydrogens is 246 g/mol. The van der Waals surface area contributed by atoms with Crippen LogP contribution in [0.25, 0.3) is 12.2 Å². The Morgan fingerprint density at radius 3 is 2.20 bits per heavy atom. The van der Waals surface area contributed by atoms with Crippen LogP contribution in [0.2, 0.25) is 0 Å². The molecule has 100 valence electrons. The third kappa shape index (κ3) is 4.25. The predicted molar refractivity (Wildman–Crippen MR) is 85.3 cm³/mol. The maximum absolute atomic E-state index is 11.8. The highest BCUT2D eigenvalue weighted by atomic mass is 16.1. The fourth-order valence-corrected chi connectivity index (χ4v) is 1.79. The van der Waals surface area contributed by atoms with E-state index in [0.717, 1.165) is 16.8 Å². The molecule has 0 aliphatic carbocycles. The molecular formula is C18H17NO. The molecule has 0 aliphatic heterocycles. The van der Waals surface area contributed by atoms with Crippen molar-refractivity contribution in [3.05, 3.63) is 77.9 Å². The molecule has 0 saturated heterocycles. The minimum Gasteiger partial charge on any atom is -0.323 e. The van der Waals surface area contributed by atoms with Crippen LogP contribution in [0.3, 0.4) is 0 Å². The van der Waals surface area contributed by atoms with Gasteiger partial charge in [-0.25, -0.2) is 0 Å². The minimum atomic E-state index is -0.132. The van der Waals surface area contributed by atoms with Crippen molar-refractivity contribution in [1.82, 2.24) is 0 Å². The molecule has 0 unspecified atom stereocenters. The van der Waals surface area contributed by atoms with Gasteiger partial charge in [0.2, 0.25) is 5.91 Å². The fourth-order valence-electron chi connectivity index (χ4n) is 1.79. The highest BCUT2D eigenvalue weighted by Crippen LogP contribution is 2.11. The van der Waals surface area contributed by atoms with Gasteiger partial charge in [0.15, 0.2) is 0 Å². The number of hydrogen-bond donors (Lipinski definition) is 1. The van der Waals surface area contributed by atoms with E-state index < -0.39 is 0 Å². The van der Waals surface area contributed by atoms with Gasteiger partial charge in [-0.05, 0) is 36.3 Å². The largest absolute Gasteiger partial charge is 0.323 e. The number of allylic oxidation sites excluding steroid dienone is 1. The van der Waals surface area contributed by atoms with E-state index in [0.29, 0.717) is 0 Å². The average Bonchev–Trinajstić information content (AvgIpc) is 2.49. The van der Waals surface area contributed by atoms with E-state index in [2.05, 4.69) is 5.32 Å². The van der Waals surface area contributed by atoms with E-state index >= 15 is 0 Å². The number of benzene rings is 2. The topological polar surface area (TPSA) is 29.1 Å². The lowest BCUT2D eigenvalue weighted by molar-refractivity contribution is -0.111. The summed E-state index contributed by atoms with van der Waals surface area (Å²) < 4.78 is 0. The number of carbonyl (C=O) groups excluding carboxylic acids is 1. The summed E-state index contributed by atoms with van der Waals surface area (Å²) in [6.45, 7) is 1.98. The summed E-state index contributed by atoms with van der Waals surface area (Å²) >= 11 is 0. The monoisotopic (exact) mass is 263 g/mol. The Balaban J connectivity index is 1.96. The zero-order valence-electron chi connectivity index (χ0n) is 11.4. The highest BCUT2D eigenvalue weighted by Gasteiger charge is 1.97. The number of hydrogen-bond acceptors (Lipinski definition) is 1. The second kappa shape index (κ2) is 7.10. The van der Waals surface area contributed by atoms with Crippen LogP contribution in [-0.4, -0.2) is 5.91 Å². The summed E-state index contributed by atoms with van der Waals surface area (Å²) in [6, 6.07) is 17.5. The highest BCUT2D eigenvalue weighted by molar-refractivity contribution is 6.01. The molecule has 20 heavy (non-hydrogen) atoms. The van der Waals surface area contributed by atoms with Gasteiger partial charge in [-0.3, -0.25) is 4.79 Å². The first-order valence-electron chi connectivity index (χ1n) is 6.55. The normalized spacial score (nSPS) is 11.1.